The van der Waals surface area contributed by atoms with Crippen LogP contribution < -0.4 is 5.32 Å². The van der Waals surface area contributed by atoms with Crippen molar-refractivity contribution in [2.45, 2.75) is 0 Å². The Labute approximate surface area is 126 Å². The molecule has 21 heavy (non-hydrogen) atoms. The third-order valence-electron chi connectivity index (χ3n) is 2.76. The van der Waals surface area contributed by atoms with Gasteiger partial charge >= 0.3 is 12.0 Å². The van der Waals surface area contributed by atoms with Gasteiger partial charge in [-0.2, -0.15) is 0 Å². The Bertz CT molecular complexity index is 600. The van der Waals surface area contributed by atoms with Crippen LogP contribution >= 0.6 is 11.6 Å². The van der Waals surface area contributed by atoms with Gasteiger partial charge in [0.2, 0.25) is 0 Å². The average molecular weight is 309 g/mol. The number of imide groups is 1. The van der Waals surface area contributed by atoms with Gasteiger partial charge in [0.05, 0.1) is 0 Å². The Kier molecular flexibility index (Phi) is 4.94. The minimum Gasteiger partial charge on any atom is -0.452 e. The van der Waals surface area contributed by atoms with E-state index in [1.54, 1.807) is 24.3 Å². The molecule has 3 amide bonds. The molecule has 7 heteroatoms. The van der Waals surface area contributed by atoms with Crippen molar-refractivity contribution in [1.82, 2.24) is 10.2 Å². The molecule has 1 aromatic carbocycles. The molecule has 1 aliphatic heterocycles. The summed E-state index contributed by atoms with van der Waals surface area (Å²) in [5.41, 5.74) is 0.740. The van der Waals surface area contributed by atoms with Gasteiger partial charge in [-0.1, -0.05) is 23.7 Å². The predicted molar refractivity (Wildman–Crippen MR) is 76.6 cm³/mol. The lowest BCUT2D eigenvalue weighted by Gasteiger charge is -2.11. The first kappa shape index (κ1) is 15.1. The van der Waals surface area contributed by atoms with E-state index in [2.05, 4.69) is 5.32 Å². The Morgan fingerprint density at radius 1 is 1.43 bits per heavy atom. The molecule has 0 radical (unpaired) electrons. The first-order chi connectivity index (χ1) is 10.1. The topological polar surface area (TPSA) is 75.7 Å². The van der Waals surface area contributed by atoms with Crippen molar-refractivity contribution in [3.05, 3.63) is 40.9 Å². The van der Waals surface area contributed by atoms with E-state index in [0.717, 1.165) is 10.5 Å². The molecule has 110 valence electrons. The molecular formula is C14H13ClN2O4. The molecule has 0 aliphatic carbocycles. The van der Waals surface area contributed by atoms with Crippen LogP contribution in [0.25, 0.3) is 6.08 Å². The maximum absolute atomic E-state index is 11.6. The molecule has 0 saturated carbocycles. The van der Waals surface area contributed by atoms with Crippen LogP contribution in [0.4, 0.5) is 4.79 Å². The molecule has 1 heterocycles. The van der Waals surface area contributed by atoms with Crippen molar-refractivity contribution in [2.75, 3.05) is 19.7 Å². The molecule has 0 unspecified atom stereocenters. The van der Waals surface area contributed by atoms with Gasteiger partial charge in [-0.25, -0.2) is 9.59 Å². The average Bonchev–Trinajstić information content (AvgIpc) is 2.89. The molecule has 0 bridgehead atoms. The minimum atomic E-state index is -0.664. The SMILES string of the molecule is O=C(/C=C/c1cccc(Cl)c1)OCC(=O)N1CCNC1=O. The standard InChI is InChI=1S/C14H13ClN2O4/c15-11-3-1-2-10(8-11)4-5-13(19)21-9-12(18)17-7-6-16-14(17)20/h1-5,8H,6-7,9H2,(H,16,20)/b5-4+. The number of amides is 3. The highest BCUT2D eigenvalue weighted by Crippen LogP contribution is 2.11. The maximum atomic E-state index is 11.6. The summed E-state index contributed by atoms with van der Waals surface area (Å²) in [5, 5.41) is 3.05. The van der Waals surface area contributed by atoms with Gasteiger partial charge in [-0.05, 0) is 23.8 Å². The molecule has 1 fully saturated rings. The summed E-state index contributed by atoms with van der Waals surface area (Å²) in [6.45, 7) is 0.229. The van der Waals surface area contributed by atoms with Crippen LogP contribution in [-0.2, 0) is 14.3 Å². The number of carbonyl (C=O) groups is 3. The lowest BCUT2D eigenvalue weighted by molar-refractivity contribution is -0.146. The van der Waals surface area contributed by atoms with Crippen LogP contribution in [0, 0.1) is 0 Å². The summed E-state index contributed by atoms with van der Waals surface area (Å²) < 4.78 is 4.79. The highest BCUT2D eigenvalue weighted by Gasteiger charge is 2.26. The lowest BCUT2D eigenvalue weighted by atomic mass is 10.2. The summed E-state index contributed by atoms with van der Waals surface area (Å²) in [5.74, 6) is -1.21. The number of rotatable bonds is 4. The second-order valence-corrected chi connectivity index (χ2v) is 4.71. The number of nitrogens with zero attached hydrogens (tertiary/aromatic N) is 1. The fourth-order valence-electron chi connectivity index (χ4n) is 1.74. The number of hydrogen-bond donors (Lipinski definition) is 1. The van der Waals surface area contributed by atoms with E-state index in [4.69, 9.17) is 16.3 Å². The zero-order valence-electron chi connectivity index (χ0n) is 11.0. The maximum Gasteiger partial charge on any atom is 0.331 e. The van der Waals surface area contributed by atoms with Crippen molar-refractivity contribution in [1.29, 1.82) is 0 Å². The molecule has 0 atom stereocenters. The highest BCUT2D eigenvalue weighted by atomic mass is 35.5. The molecule has 1 saturated heterocycles. The summed E-state index contributed by atoms with van der Waals surface area (Å²) in [6, 6.07) is 6.46. The first-order valence-corrected chi connectivity index (χ1v) is 6.62. The second-order valence-electron chi connectivity index (χ2n) is 4.27. The van der Waals surface area contributed by atoms with Gasteiger partial charge in [0, 0.05) is 24.2 Å². The van der Waals surface area contributed by atoms with Crippen LogP contribution in [0.5, 0.6) is 0 Å². The van der Waals surface area contributed by atoms with Crippen molar-refractivity contribution in [3.8, 4) is 0 Å². The monoisotopic (exact) mass is 308 g/mol. The van der Waals surface area contributed by atoms with E-state index in [1.165, 1.54) is 12.2 Å². The summed E-state index contributed by atoms with van der Waals surface area (Å²) in [6.07, 6.45) is 2.73. The van der Waals surface area contributed by atoms with Gasteiger partial charge in [0.25, 0.3) is 5.91 Å². The molecule has 0 spiro atoms. The largest absolute Gasteiger partial charge is 0.452 e. The zero-order valence-corrected chi connectivity index (χ0v) is 11.8. The summed E-state index contributed by atoms with van der Waals surface area (Å²) in [4.78, 5) is 35.4. The van der Waals surface area contributed by atoms with Crippen molar-refractivity contribution < 1.29 is 19.1 Å². The zero-order chi connectivity index (χ0) is 15.2. The summed E-state index contributed by atoms with van der Waals surface area (Å²) in [7, 11) is 0. The molecule has 1 aliphatic rings. The van der Waals surface area contributed by atoms with Crippen molar-refractivity contribution in [2.24, 2.45) is 0 Å². The molecule has 6 nitrogen and oxygen atoms in total. The minimum absolute atomic E-state index is 0.285. The number of ether oxygens (including phenoxy) is 1. The quantitative estimate of drug-likeness (QED) is 0.675. The molecule has 0 aromatic heterocycles. The van der Waals surface area contributed by atoms with E-state index < -0.39 is 24.5 Å². The van der Waals surface area contributed by atoms with E-state index >= 15 is 0 Å². The van der Waals surface area contributed by atoms with Crippen molar-refractivity contribution >= 4 is 35.6 Å². The third-order valence-corrected chi connectivity index (χ3v) is 2.99. The Balaban J connectivity index is 1.82. The third kappa shape index (κ3) is 4.32. The fourth-order valence-corrected chi connectivity index (χ4v) is 1.94. The van der Waals surface area contributed by atoms with Gasteiger partial charge in [-0.15, -0.1) is 0 Å². The van der Waals surface area contributed by atoms with Crippen LogP contribution in [0.3, 0.4) is 0 Å². The van der Waals surface area contributed by atoms with Gasteiger partial charge in [-0.3, -0.25) is 9.69 Å². The van der Waals surface area contributed by atoms with E-state index in [0.29, 0.717) is 11.6 Å². The van der Waals surface area contributed by atoms with Crippen molar-refractivity contribution in [3.63, 3.8) is 0 Å². The first-order valence-electron chi connectivity index (χ1n) is 6.25. The number of urea groups is 1. The van der Waals surface area contributed by atoms with E-state index in [9.17, 15) is 14.4 Å². The van der Waals surface area contributed by atoms with Crippen LogP contribution in [-0.4, -0.2) is 42.5 Å². The smallest absolute Gasteiger partial charge is 0.331 e. The number of carbonyl (C=O) groups excluding carboxylic acids is 3. The fraction of sp³-hybridized carbons (Fsp3) is 0.214. The number of benzene rings is 1. The Hall–Kier alpha value is -2.34. The number of esters is 1. The Morgan fingerprint density at radius 3 is 2.90 bits per heavy atom. The second kappa shape index (κ2) is 6.90. The molecule has 1 N–H and O–H groups in total. The molecule has 1 aromatic rings. The lowest BCUT2D eigenvalue weighted by Crippen LogP contribution is -2.37. The van der Waals surface area contributed by atoms with Crippen LogP contribution in [0.1, 0.15) is 5.56 Å². The van der Waals surface area contributed by atoms with Gasteiger partial charge in [0.1, 0.15) is 0 Å². The normalized spacial score (nSPS) is 14.3. The summed E-state index contributed by atoms with van der Waals surface area (Å²) >= 11 is 5.81. The number of hydrogen-bond acceptors (Lipinski definition) is 4. The Morgan fingerprint density at radius 2 is 2.24 bits per heavy atom. The van der Waals surface area contributed by atoms with E-state index in [-0.39, 0.29) is 6.54 Å². The number of halogens is 1. The number of nitrogens with one attached hydrogen (secondary N) is 1. The van der Waals surface area contributed by atoms with E-state index in [1.807, 2.05) is 0 Å². The van der Waals surface area contributed by atoms with Gasteiger partial charge in [0.15, 0.2) is 6.61 Å². The predicted octanol–water partition coefficient (Wildman–Crippen LogP) is 1.45. The highest BCUT2D eigenvalue weighted by molar-refractivity contribution is 6.30. The van der Waals surface area contributed by atoms with Crippen LogP contribution in [0.2, 0.25) is 5.02 Å². The molecular weight excluding hydrogens is 296 g/mol. The van der Waals surface area contributed by atoms with Gasteiger partial charge < -0.3 is 10.1 Å². The van der Waals surface area contributed by atoms with Crippen LogP contribution in [0.15, 0.2) is 30.3 Å². The molecule has 2 rings (SSSR count).